The lowest BCUT2D eigenvalue weighted by Crippen LogP contribution is -2.24. The summed E-state index contributed by atoms with van der Waals surface area (Å²) >= 11 is 0. The monoisotopic (exact) mass is 240 g/mol. The lowest BCUT2D eigenvalue weighted by Gasteiger charge is -2.24. The van der Waals surface area contributed by atoms with Crippen LogP contribution in [0.15, 0.2) is 18.2 Å². The molecule has 3 N–H and O–H groups in total. The van der Waals surface area contributed by atoms with Crippen LogP contribution in [0.25, 0.3) is 0 Å². The predicted octanol–water partition coefficient (Wildman–Crippen LogP) is 2.05. The molecule has 0 saturated heterocycles. The molecule has 0 spiro atoms. The van der Waals surface area contributed by atoms with Crippen molar-refractivity contribution in [2.45, 2.75) is 32.4 Å². The molecular formula is C13H21FN2O. The van der Waals surface area contributed by atoms with Gasteiger partial charge < -0.3 is 15.7 Å². The molecule has 0 aliphatic heterocycles. The van der Waals surface area contributed by atoms with E-state index in [2.05, 4.69) is 0 Å². The number of benzene rings is 1. The summed E-state index contributed by atoms with van der Waals surface area (Å²) in [6.45, 7) is 4.30. The van der Waals surface area contributed by atoms with Crippen LogP contribution in [-0.2, 0) is 0 Å². The van der Waals surface area contributed by atoms with Gasteiger partial charge in [-0.25, -0.2) is 4.39 Å². The minimum atomic E-state index is -0.336. The van der Waals surface area contributed by atoms with Crippen LogP contribution in [0.1, 0.15) is 31.9 Å². The molecule has 0 amide bonds. The van der Waals surface area contributed by atoms with Crippen molar-refractivity contribution in [2.24, 2.45) is 5.73 Å². The van der Waals surface area contributed by atoms with Gasteiger partial charge in [-0.05, 0) is 44.0 Å². The quantitative estimate of drug-likeness (QED) is 0.828. The van der Waals surface area contributed by atoms with Crippen molar-refractivity contribution in [3.63, 3.8) is 0 Å². The van der Waals surface area contributed by atoms with Crippen molar-refractivity contribution in [3.8, 4) is 0 Å². The Balaban J connectivity index is 2.88. The maximum atomic E-state index is 13.2. The molecule has 0 radical (unpaired) electrons. The van der Waals surface area contributed by atoms with Crippen molar-refractivity contribution in [3.05, 3.63) is 29.6 Å². The number of aliphatic hydroxyl groups excluding tert-OH is 1. The predicted molar refractivity (Wildman–Crippen MR) is 68.6 cm³/mol. The molecule has 3 nitrogen and oxygen atoms in total. The molecule has 1 aromatic carbocycles. The van der Waals surface area contributed by atoms with E-state index >= 15 is 0 Å². The van der Waals surface area contributed by atoms with Crippen molar-refractivity contribution >= 4 is 5.69 Å². The fourth-order valence-electron chi connectivity index (χ4n) is 1.74. The van der Waals surface area contributed by atoms with Crippen molar-refractivity contribution < 1.29 is 9.50 Å². The molecule has 0 bridgehead atoms. The van der Waals surface area contributed by atoms with Crippen LogP contribution in [0.5, 0.6) is 0 Å². The van der Waals surface area contributed by atoms with Gasteiger partial charge in [-0.15, -0.1) is 0 Å². The highest BCUT2D eigenvalue weighted by molar-refractivity contribution is 5.54. The van der Waals surface area contributed by atoms with Gasteiger partial charge in [-0.1, -0.05) is 0 Å². The maximum absolute atomic E-state index is 13.2. The summed E-state index contributed by atoms with van der Waals surface area (Å²) in [5.74, 6) is -0.273. The SMILES string of the molecule is CC(O)CCN(C)c1ccc(F)cc1[C@H](C)N. The smallest absolute Gasteiger partial charge is 0.123 e. The number of rotatable bonds is 5. The Morgan fingerprint density at radius 2 is 2.06 bits per heavy atom. The first-order chi connectivity index (χ1) is 7.91. The summed E-state index contributed by atoms with van der Waals surface area (Å²) in [4.78, 5) is 1.99. The average Bonchev–Trinajstić information content (AvgIpc) is 2.25. The first kappa shape index (κ1) is 13.9. The van der Waals surface area contributed by atoms with Crippen LogP contribution in [0, 0.1) is 5.82 Å². The minimum absolute atomic E-state index is 0.213. The number of nitrogens with zero attached hydrogens (tertiary/aromatic N) is 1. The molecular weight excluding hydrogens is 219 g/mol. The number of anilines is 1. The second-order valence-corrected chi connectivity index (χ2v) is 4.55. The van der Waals surface area contributed by atoms with Gasteiger partial charge in [-0.3, -0.25) is 0 Å². The third-order valence-corrected chi connectivity index (χ3v) is 2.77. The molecule has 0 fully saturated rings. The Kier molecular flexibility index (Phi) is 4.90. The van der Waals surface area contributed by atoms with E-state index in [1.165, 1.54) is 12.1 Å². The molecule has 96 valence electrons. The van der Waals surface area contributed by atoms with Crippen LogP contribution in [0.3, 0.4) is 0 Å². The summed E-state index contributed by atoms with van der Waals surface area (Å²) in [5, 5.41) is 9.26. The Morgan fingerprint density at radius 3 is 2.59 bits per heavy atom. The molecule has 17 heavy (non-hydrogen) atoms. The molecule has 0 aliphatic rings. The second-order valence-electron chi connectivity index (χ2n) is 4.55. The first-order valence-electron chi connectivity index (χ1n) is 5.86. The average molecular weight is 240 g/mol. The van der Waals surface area contributed by atoms with Gasteiger partial charge in [0.15, 0.2) is 0 Å². The molecule has 1 unspecified atom stereocenters. The van der Waals surface area contributed by atoms with E-state index in [1.807, 2.05) is 18.9 Å². The number of hydrogen-bond acceptors (Lipinski definition) is 3. The molecule has 4 heteroatoms. The normalized spacial score (nSPS) is 14.5. The lowest BCUT2D eigenvalue weighted by atomic mass is 10.1. The van der Waals surface area contributed by atoms with Gasteiger partial charge in [0.2, 0.25) is 0 Å². The van der Waals surface area contributed by atoms with E-state index in [-0.39, 0.29) is 18.0 Å². The maximum Gasteiger partial charge on any atom is 0.123 e. The molecule has 2 atom stereocenters. The third kappa shape index (κ3) is 3.98. The van der Waals surface area contributed by atoms with E-state index in [0.717, 1.165) is 11.3 Å². The van der Waals surface area contributed by atoms with E-state index in [9.17, 15) is 9.50 Å². The Hall–Kier alpha value is -1.13. The van der Waals surface area contributed by atoms with Crippen molar-refractivity contribution in [1.82, 2.24) is 0 Å². The summed E-state index contributed by atoms with van der Waals surface area (Å²) < 4.78 is 13.2. The van der Waals surface area contributed by atoms with Crippen LogP contribution < -0.4 is 10.6 Å². The zero-order valence-corrected chi connectivity index (χ0v) is 10.7. The van der Waals surface area contributed by atoms with E-state index < -0.39 is 0 Å². The van der Waals surface area contributed by atoms with Gasteiger partial charge in [0.05, 0.1) is 6.10 Å². The Labute approximate surface area is 102 Å². The fourth-order valence-corrected chi connectivity index (χ4v) is 1.74. The molecule has 1 aromatic rings. The van der Waals surface area contributed by atoms with E-state index in [0.29, 0.717) is 13.0 Å². The van der Waals surface area contributed by atoms with Gasteiger partial charge in [0, 0.05) is 25.3 Å². The highest BCUT2D eigenvalue weighted by Crippen LogP contribution is 2.25. The Bertz CT molecular complexity index is 366. The standard InChI is InChI=1S/C13H21FN2O/c1-9(17)6-7-16(3)13-5-4-11(14)8-12(13)10(2)15/h4-5,8-10,17H,6-7,15H2,1-3H3/t9?,10-/m0/s1. The molecule has 1 rings (SSSR count). The van der Waals surface area contributed by atoms with Gasteiger partial charge in [0.1, 0.15) is 5.82 Å². The summed E-state index contributed by atoms with van der Waals surface area (Å²) in [6.07, 6.45) is 0.336. The largest absolute Gasteiger partial charge is 0.393 e. The number of hydrogen-bond donors (Lipinski definition) is 2. The highest BCUT2D eigenvalue weighted by atomic mass is 19.1. The molecule has 0 aliphatic carbocycles. The van der Waals surface area contributed by atoms with Crippen LogP contribution in [0.4, 0.5) is 10.1 Å². The zero-order valence-electron chi connectivity index (χ0n) is 10.7. The van der Waals surface area contributed by atoms with Gasteiger partial charge in [-0.2, -0.15) is 0 Å². The summed E-state index contributed by atoms with van der Waals surface area (Å²) in [6, 6.07) is 4.42. The topological polar surface area (TPSA) is 49.5 Å². The van der Waals surface area contributed by atoms with Gasteiger partial charge in [0.25, 0.3) is 0 Å². The van der Waals surface area contributed by atoms with E-state index in [4.69, 9.17) is 5.73 Å². The molecule has 0 heterocycles. The third-order valence-electron chi connectivity index (χ3n) is 2.77. The number of aliphatic hydroxyl groups is 1. The Morgan fingerprint density at radius 1 is 1.41 bits per heavy atom. The lowest BCUT2D eigenvalue weighted by molar-refractivity contribution is 0.187. The fraction of sp³-hybridized carbons (Fsp3) is 0.538. The van der Waals surface area contributed by atoms with E-state index in [1.54, 1.807) is 13.0 Å². The minimum Gasteiger partial charge on any atom is -0.393 e. The number of nitrogens with two attached hydrogens (primary N) is 1. The molecule has 0 aromatic heterocycles. The zero-order chi connectivity index (χ0) is 13.0. The van der Waals surface area contributed by atoms with Crippen molar-refractivity contribution in [2.75, 3.05) is 18.5 Å². The molecule has 0 saturated carbocycles. The van der Waals surface area contributed by atoms with Crippen LogP contribution in [-0.4, -0.2) is 24.8 Å². The van der Waals surface area contributed by atoms with Crippen molar-refractivity contribution in [1.29, 1.82) is 0 Å². The number of halogens is 1. The van der Waals surface area contributed by atoms with Crippen LogP contribution in [0.2, 0.25) is 0 Å². The first-order valence-corrected chi connectivity index (χ1v) is 5.86. The van der Waals surface area contributed by atoms with Gasteiger partial charge >= 0.3 is 0 Å². The van der Waals surface area contributed by atoms with Crippen LogP contribution >= 0.6 is 0 Å². The second kappa shape index (κ2) is 5.98. The highest BCUT2D eigenvalue weighted by Gasteiger charge is 2.12. The summed E-state index contributed by atoms with van der Waals surface area (Å²) in [7, 11) is 1.92. The summed E-state index contributed by atoms with van der Waals surface area (Å²) in [5.41, 5.74) is 7.54.